The molecule has 0 aromatic heterocycles. The maximum Gasteiger partial charge on any atom is 0.220 e. The summed E-state index contributed by atoms with van der Waals surface area (Å²) >= 11 is 0. The van der Waals surface area contributed by atoms with Crippen LogP contribution in [0.2, 0.25) is 0 Å². The number of benzene rings is 1. The number of hydrogen-bond acceptors (Lipinski definition) is 3. The van der Waals surface area contributed by atoms with Crippen LogP contribution in [-0.2, 0) is 17.9 Å². The molecule has 1 amide bonds. The molecule has 4 nitrogen and oxygen atoms in total. The summed E-state index contributed by atoms with van der Waals surface area (Å²) in [6.45, 7) is 0.553. The Hall–Kier alpha value is -1.39. The summed E-state index contributed by atoms with van der Waals surface area (Å²) in [5.41, 5.74) is 1.85. The van der Waals surface area contributed by atoms with Crippen LogP contribution < -0.4 is 5.32 Å². The Morgan fingerprint density at radius 2 is 1.75 bits per heavy atom. The number of carbonyl (C=O) groups excluding carboxylic acids is 1. The van der Waals surface area contributed by atoms with Crippen LogP contribution in [0.5, 0.6) is 0 Å². The first kappa shape index (κ1) is 12.7. The molecule has 0 atom stereocenters. The van der Waals surface area contributed by atoms with Crippen molar-refractivity contribution in [3.05, 3.63) is 35.4 Å². The van der Waals surface area contributed by atoms with E-state index < -0.39 is 0 Å². The molecule has 3 N–H and O–H groups in total. The predicted molar refractivity (Wildman–Crippen MR) is 60.5 cm³/mol. The average Bonchev–Trinajstić information content (AvgIpc) is 2.34. The number of aliphatic hydroxyl groups excluding tert-OH is 2. The zero-order valence-corrected chi connectivity index (χ0v) is 9.15. The summed E-state index contributed by atoms with van der Waals surface area (Å²) in [5.74, 6) is -0.0553. The molecule has 0 fully saturated rings. The maximum absolute atomic E-state index is 11.2. The number of amides is 1. The standard InChI is InChI=1S/C12H17NO3/c14-7-1-2-12(16)13-8-10-3-5-11(9-15)6-4-10/h3-6,14-15H,1-2,7-9H2,(H,13,16). The van der Waals surface area contributed by atoms with Gasteiger partial charge in [-0.3, -0.25) is 4.79 Å². The van der Waals surface area contributed by atoms with Crippen LogP contribution in [0.3, 0.4) is 0 Å². The third kappa shape index (κ3) is 4.42. The molecule has 0 aliphatic rings. The Balaban J connectivity index is 2.33. The Morgan fingerprint density at radius 1 is 1.12 bits per heavy atom. The van der Waals surface area contributed by atoms with E-state index in [0.717, 1.165) is 11.1 Å². The quantitative estimate of drug-likeness (QED) is 0.660. The highest BCUT2D eigenvalue weighted by atomic mass is 16.3. The highest BCUT2D eigenvalue weighted by Gasteiger charge is 2.00. The second-order valence-electron chi connectivity index (χ2n) is 3.58. The summed E-state index contributed by atoms with van der Waals surface area (Å²) in [5, 5.41) is 20.2. The van der Waals surface area contributed by atoms with E-state index in [0.29, 0.717) is 19.4 Å². The van der Waals surface area contributed by atoms with E-state index in [2.05, 4.69) is 5.32 Å². The molecule has 0 aliphatic carbocycles. The summed E-state index contributed by atoms with van der Waals surface area (Å²) < 4.78 is 0. The smallest absolute Gasteiger partial charge is 0.220 e. The molecule has 0 heterocycles. The Morgan fingerprint density at radius 3 is 2.31 bits per heavy atom. The molecular formula is C12H17NO3. The first-order valence-electron chi connectivity index (χ1n) is 5.32. The molecule has 1 rings (SSSR count). The number of hydrogen-bond donors (Lipinski definition) is 3. The number of nitrogens with one attached hydrogen (secondary N) is 1. The first-order valence-corrected chi connectivity index (χ1v) is 5.32. The van der Waals surface area contributed by atoms with E-state index in [1.165, 1.54) is 0 Å². The first-order chi connectivity index (χ1) is 7.76. The molecule has 1 aromatic carbocycles. The third-order valence-electron chi connectivity index (χ3n) is 2.26. The van der Waals surface area contributed by atoms with Gasteiger partial charge >= 0.3 is 0 Å². The van der Waals surface area contributed by atoms with Gasteiger partial charge in [0.1, 0.15) is 0 Å². The fourth-order valence-electron chi connectivity index (χ4n) is 1.29. The topological polar surface area (TPSA) is 69.6 Å². The van der Waals surface area contributed by atoms with E-state index in [1.54, 1.807) is 0 Å². The normalized spacial score (nSPS) is 10.1. The molecule has 16 heavy (non-hydrogen) atoms. The molecule has 1 aromatic rings. The highest BCUT2D eigenvalue weighted by molar-refractivity contribution is 5.75. The van der Waals surface area contributed by atoms with E-state index in [-0.39, 0.29) is 19.1 Å². The second kappa shape index (κ2) is 6.98. The van der Waals surface area contributed by atoms with Crippen molar-refractivity contribution in [2.75, 3.05) is 6.61 Å². The van der Waals surface area contributed by atoms with Gasteiger partial charge in [0.25, 0.3) is 0 Å². The lowest BCUT2D eigenvalue weighted by Crippen LogP contribution is -2.22. The SMILES string of the molecule is O=C(CCCO)NCc1ccc(CO)cc1. The second-order valence-corrected chi connectivity index (χ2v) is 3.58. The van der Waals surface area contributed by atoms with E-state index in [9.17, 15) is 4.79 Å². The molecule has 0 aliphatic heterocycles. The van der Waals surface area contributed by atoms with Crippen molar-refractivity contribution in [3.8, 4) is 0 Å². The molecular weight excluding hydrogens is 206 g/mol. The van der Waals surface area contributed by atoms with Gasteiger partial charge in [0.15, 0.2) is 0 Å². The summed E-state index contributed by atoms with van der Waals surface area (Å²) in [7, 11) is 0. The van der Waals surface area contributed by atoms with E-state index >= 15 is 0 Å². The molecule has 88 valence electrons. The molecule has 0 unspecified atom stereocenters. The van der Waals surface area contributed by atoms with Crippen LogP contribution in [0.25, 0.3) is 0 Å². The monoisotopic (exact) mass is 223 g/mol. The Kier molecular flexibility index (Phi) is 5.53. The van der Waals surface area contributed by atoms with Gasteiger partial charge < -0.3 is 15.5 Å². The molecule has 4 heteroatoms. The van der Waals surface area contributed by atoms with Crippen LogP contribution in [0.1, 0.15) is 24.0 Å². The van der Waals surface area contributed by atoms with Gasteiger partial charge in [-0.1, -0.05) is 24.3 Å². The number of aliphatic hydroxyl groups is 2. The predicted octanol–water partition coefficient (Wildman–Crippen LogP) is 0.568. The van der Waals surface area contributed by atoms with Gasteiger partial charge in [-0.2, -0.15) is 0 Å². The van der Waals surface area contributed by atoms with Crippen molar-refractivity contribution >= 4 is 5.91 Å². The molecule has 0 radical (unpaired) electrons. The minimum Gasteiger partial charge on any atom is -0.396 e. The molecule has 0 saturated carbocycles. The largest absolute Gasteiger partial charge is 0.396 e. The van der Waals surface area contributed by atoms with Crippen LogP contribution in [-0.4, -0.2) is 22.7 Å². The molecule has 0 bridgehead atoms. The van der Waals surface area contributed by atoms with Crippen molar-refractivity contribution in [1.82, 2.24) is 5.32 Å². The Labute approximate surface area is 94.9 Å². The van der Waals surface area contributed by atoms with E-state index in [1.807, 2.05) is 24.3 Å². The van der Waals surface area contributed by atoms with E-state index in [4.69, 9.17) is 10.2 Å². The van der Waals surface area contributed by atoms with Crippen molar-refractivity contribution in [1.29, 1.82) is 0 Å². The minimum absolute atomic E-state index is 0.0309. The number of rotatable bonds is 6. The summed E-state index contributed by atoms with van der Waals surface area (Å²) in [6, 6.07) is 7.40. The summed E-state index contributed by atoms with van der Waals surface area (Å²) in [6.07, 6.45) is 0.848. The van der Waals surface area contributed by atoms with Crippen LogP contribution >= 0.6 is 0 Å². The maximum atomic E-state index is 11.2. The van der Waals surface area contributed by atoms with Crippen molar-refractivity contribution in [3.63, 3.8) is 0 Å². The van der Waals surface area contributed by atoms with Crippen LogP contribution in [0, 0.1) is 0 Å². The van der Waals surface area contributed by atoms with Gasteiger partial charge in [0.05, 0.1) is 6.61 Å². The van der Waals surface area contributed by atoms with Gasteiger partial charge in [0.2, 0.25) is 5.91 Å². The lowest BCUT2D eigenvalue weighted by Gasteiger charge is -2.05. The zero-order chi connectivity index (χ0) is 11.8. The van der Waals surface area contributed by atoms with Crippen molar-refractivity contribution in [2.24, 2.45) is 0 Å². The molecule has 0 saturated heterocycles. The lowest BCUT2D eigenvalue weighted by molar-refractivity contribution is -0.121. The van der Waals surface area contributed by atoms with Crippen molar-refractivity contribution in [2.45, 2.75) is 26.0 Å². The van der Waals surface area contributed by atoms with Crippen LogP contribution in [0.4, 0.5) is 0 Å². The van der Waals surface area contributed by atoms with Gasteiger partial charge in [-0.15, -0.1) is 0 Å². The summed E-state index contributed by atoms with van der Waals surface area (Å²) in [4.78, 5) is 11.2. The van der Waals surface area contributed by atoms with Gasteiger partial charge in [-0.25, -0.2) is 0 Å². The highest BCUT2D eigenvalue weighted by Crippen LogP contribution is 2.04. The Bertz CT molecular complexity index is 322. The average molecular weight is 223 g/mol. The van der Waals surface area contributed by atoms with Gasteiger partial charge in [0, 0.05) is 19.6 Å². The third-order valence-corrected chi connectivity index (χ3v) is 2.26. The van der Waals surface area contributed by atoms with Crippen LogP contribution in [0.15, 0.2) is 24.3 Å². The fourth-order valence-corrected chi connectivity index (χ4v) is 1.29. The molecule has 0 spiro atoms. The zero-order valence-electron chi connectivity index (χ0n) is 9.15. The van der Waals surface area contributed by atoms with Gasteiger partial charge in [-0.05, 0) is 17.5 Å². The minimum atomic E-state index is -0.0553. The lowest BCUT2D eigenvalue weighted by atomic mass is 10.1. The number of carbonyl (C=O) groups is 1. The van der Waals surface area contributed by atoms with Crippen molar-refractivity contribution < 1.29 is 15.0 Å². The fraction of sp³-hybridized carbons (Fsp3) is 0.417.